The second-order valence-corrected chi connectivity index (χ2v) is 12.8. The van der Waals surface area contributed by atoms with Gasteiger partial charge in [0.1, 0.15) is 16.3 Å². The molecular formula is C23H35N5O5S2. The fraction of sp³-hybridized carbons (Fsp3) is 0.696. The maximum atomic E-state index is 13.6. The van der Waals surface area contributed by atoms with E-state index in [1.807, 2.05) is 13.8 Å². The van der Waals surface area contributed by atoms with Gasteiger partial charge in [0.15, 0.2) is 0 Å². The summed E-state index contributed by atoms with van der Waals surface area (Å²) in [6, 6.07) is 0. The van der Waals surface area contributed by atoms with Crippen LogP contribution in [0.15, 0.2) is 16.0 Å². The molecule has 2 fully saturated rings. The number of nitrogens with one attached hydrogen (secondary N) is 1. The third-order valence-corrected chi connectivity index (χ3v) is 9.77. The van der Waals surface area contributed by atoms with Crippen LogP contribution >= 0.6 is 11.3 Å². The quantitative estimate of drug-likeness (QED) is 0.517. The standard InChI is InChI=1S/C23H35N5O5S2/c1-16-11-17(2)13-28(12-16)35(31,32)21-18(3)34-22-20(21)23(30)27(15-25-22)14-19(29)24-5-4-6-26-7-9-33-10-8-26/h15-17H,4-14H2,1-3H3,(H,24,29)/t16-,17-/m1/s1. The highest BCUT2D eigenvalue weighted by molar-refractivity contribution is 7.89. The maximum absolute atomic E-state index is 13.6. The molecule has 2 atom stereocenters. The van der Waals surface area contributed by atoms with E-state index in [1.54, 1.807) is 6.92 Å². The van der Waals surface area contributed by atoms with Crippen molar-refractivity contribution in [3.8, 4) is 0 Å². The molecule has 35 heavy (non-hydrogen) atoms. The molecule has 2 aromatic rings. The minimum atomic E-state index is -3.86. The Morgan fingerprint density at radius 3 is 2.60 bits per heavy atom. The van der Waals surface area contributed by atoms with Crippen LogP contribution < -0.4 is 10.9 Å². The van der Waals surface area contributed by atoms with Gasteiger partial charge in [-0.3, -0.25) is 19.1 Å². The average molecular weight is 526 g/mol. The molecule has 1 N–H and O–H groups in total. The van der Waals surface area contributed by atoms with Crippen molar-refractivity contribution in [3.05, 3.63) is 21.6 Å². The lowest BCUT2D eigenvalue weighted by Gasteiger charge is -2.34. The van der Waals surface area contributed by atoms with E-state index in [-0.39, 0.29) is 34.6 Å². The smallest absolute Gasteiger partial charge is 0.263 e. The van der Waals surface area contributed by atoms with Crippen molar-refractivity contribution in [2.75, 3.05) is 52.5 Å². The topological polar surface area (TPSA) is 114 Å². The van der Waals surface area contributed by atoms with Gasteiger partial charge in [0, 0.05) is 37.6 Å². The summed E-state index contributed by atoms with van der Waals surface area (Å²) in [4.78, 5) is 33.4. The zero-order valence-corrected chi connectivity index (χ0v) is 22.3. The van der Waals surface area contributed by atoms with Gasteiger partial charge >= 0.3 is 0 Å². The Bertz CT molecular complexity index is 1210. The van der Waals surface area contributed by atoms with Crippen molar-refractivity contribution in [3.63, 3.8) is 0 Å². The lowest BCUT2D eigenvalue weighted by atomic mass is 9.94. The molecule has 0 bridgehead atoms. The molecule has 1 amide bonds. The van der Waals surface area contributed by atoms with E-state index in [4.69, 9.17) is 4.74 Å². The molecule has 12 heteroatoms. The van der Waals surface area contributed by atoms with E-state index in [9.17, 15) is 18.0 Å². The summed E-state index contributed by atoms with van der Waals surface area (Å²) in [5.41, 5.74) is -0.500. The molecule has 0 unspecified atom stereocenters. The van der Waals surface area contributed by atoms with Crippen molar-refractivity contribution < 1.29 is 17.9 Å². The molecule has 0 saturated carbocycles. The number of amides is 1. The molecule has 4 heterocycles. The molecule has 2 saturated heterocycles. The second kappa shape index (κ2) is 11.0. The highest BCUT2D eigenvalue weighted by Gasteiger charge is 2.35. The summed E-state index contributed by atoms with van der Waals surface area (Å²) >= 11 is 1.20. The van der Waals surface area contributed by atoms with Crippen LogP contribution in [0.25, 0.3) is 10.2 Å². The number of sulfonamides is 1. The number of nitrogens with zero attached hydrogens (tertiary/aromatic N) is 4. The van der Waals surface area contributed by atoms with Gasteiger partial charge in [-0.1, -0.05) is 13.8 Å². The van der Waals surface area contributed by atoms with Crippen LogP contribution in [-0.4, -0.2) is 85.6 Å². The lowest BCUT2D eigenvalue weighted by molar-refractivity contribution is -0.121. The molecule has 4 rings (SSSR count). The number of ether oxygens (including phenoxy) is 1. The average Bonchev–Trinajstić information content (AvgIpc) is 3.16. The van der Waals surface area contributed by atoms with Crippen LogP contribution in [0.4, 0.5) is 0 Å². The van der Waals surface area contributed by atoms with E-state index in [1.165, 1.54) is 26.5 Å². The van der Waals surface area contributed by atoms with Gasteiger partial charge in [0.2, 0.25) is 15.9 Å². The van der Waals surface area contributed by atoms with Crippen molar-refractivity contribution in [1.82, 2.24) is 24.1 Å². The van der Waals surface area contributed by atoms with E-state index in [0.29, 0.717) is 29.3 Å². The van der Waals surface area contributed by atoms with Crippen LogP contribution in [0, 0.1) is 18.8 Å². The van der Waals surface area contributed by atoms with Crippen LogP contribution in [-0.2, 0) is 26.1 Å². The SMILES string of the molecule is Cc1sc2ncn(CC(=O)NCCCN3CCOCC3)c(=O)c2c1S(=O)(=O)N1C[C@H](C)C[C@@H](C)C1. The Morgan fingerprint density at radius 2 is 1.91 bits per heavy atom. The highest BCUT2D eigenvalue weighted by Crippen LogP contribution is 2.35. The normalized spacial score (nSPS) is 22.5. The zero-order valence-electron chi connectivity index (χ0n) is 20.7. The first-order chi connectivity index (χ1) is 16.7. The minimum Gasteiger partial charge on any atom is -0.379 e. The number of hydrogen-bond acceptors (Lipinski definition) is 8. The predicted molar refractivity (Wildman–Crippen MR) is 135 cm³/mol. The number of fused-ring (bicyclic) bond motifs is 1. The van der Waals surface area contributed by atoms with Crippen molar-refractivity contribution in [1.29, 1.82) is 0 Å². The highest BCUT2D eigenvalue weighted by atomic mass is 32.2. The molecule has 2 aliphatic rings. The molecule has 2 aromatic heterocycles. The number of carbonyl (C=O) groups excluding carboxylic acids is 1. The minimum absolute atomic E-state index is 0.0385. The van der Waals surface area contributed by atoms with Crippen molar-refractivity contribution >= 4 is 37.5 Å². The number of carbonyl (C=O) groups is 1. The number of thiophene rings is 1. The number of morpholine rings is 1. The molecule has 0 spiro atoms. The first kappa shape index (κ1) is 26.2. The van der Waals surface area contributed by atoms with Crippen LogP contribution in [0.1, 0.15) is 31.6 Å². The third-order valence-electron chi connectivity index (χ3n) is 6.62. The summed E-state index contributed by atoms with van der Waals surface area (Å²) in [7, 11) is -3.86. The number of piperidine rings is 1. The monoisotopic (exact) mass is 525 g/mol. The fourth-order valence-corrected chi connectivity index (χ4v) is 8.38. The predicted octanol–water partition coefficient (Wildman–Crippen LogP) is 1.27. The van der Waals surface area contributed by atoms with Crippen molar-refractivity contribution in [2.24, 2.45) is 11.8 Å². The lowest BCUT2D eigenvalue weighted by Crippen LogP contribution is -2.43. The largest absolute Gasteiger partial charge is 0.379 e. The second-order valence-electron chi connectivity index (χ2n) is 9.77. The van der Waals surface area contributed by atoms with Gasteiger partial charge in [-0.25, -0.2) is 13.4 Å². The van der Waals surface area contributed by atoms with Gasteiger partial charge in [0.25, 0.3) is 5.56 Å². The molecule has 10 nitrogen and oxygen atoms in total. The molecule has 194 valence electrons. The Morgan fingerprint density at radius 1 is 1.23 bits per heavy atom. The van der Waals surface area contributed by atoms with Crippen LogP contribution in [0.2, 0.25) is 0 Å². The summed E-state index contributed by atoms with van der Waals surface area (Å²) in [6.07, 6.45) is 3.11. The van der Waals surface area contributed by atoms with Gasteiger partial charge in [0.05, 0.1) is 24.9 Å². The first-order valence-corrected chi connectivity index (χ1v) is 14.5. The first-order valence-electron chi connectivity index (χ1n) is 12.2. The summed E-state index contributed by atoms with van der Waals surface area (Å²) in [5.74, 6) is 0.200. The summed E-state index contributed by atoms with van der Waals surface area (Å²) < 4.78 is 35.3. The number of aromatic nitrogens is 2. The summed E-state index contributed by atoms with van der Waals surface area (Å²) in [5, 5.41) is 2.93. The number of hydrogen-bond donors (Lipinski definition) is 1. The third kappa shape index (κ3) is 5.93. The Hall–Kier alpha value is -1.86. The van der Waals surface area contributed by atoms with Gasteiger partial charge in [-0.15, -0.1) is 11.3 Å². The van der Waals surface area contributed by atoms with Gasteiger partial charge in [-0.05, 0) is 38.1 Å². The number of rotatable bonds is 8. The van der Waals surface area contributed by atoms with E-state index in [2.05, 4.69) is 15.2 Å². The van der Waals surface area contributed by atoms with E-state index >= 15 is 0 Å². The molecule has 0 aromatic carbocycles. The van der Waals surface area contributed by atoms with Crippen LogP contribution in [0.5, 0.6) is 0 Å². The summed E-state index contributed by atoms with van der Waals surface area (Å²) in [6.45, 7) is 11.1. The van der Waals surface area contributed by atoms with E-state index in [0.717, 1.165) is 45.7 Å². The molecule has 2 aliphatic heterocycles. The van der Waals surface area contributed by atoms with Crippen molar-refractivity contribution in [2.45, 2.75) is 45.1 Å². The number of aryl methyl sites for hydroxylation is 1. The van der Waals surface area contributed by atoms with E-state index < -0.39 is 15.6 Å². The molecular weight excluding hydrogens is 490 g/mol. The Labute approximate surface area is 210 Å². The Balaban J connectivity index is 1.49. The van der Waals surface area contributed by atoms with Crippen LogP contribution in [0.3, 0.4) is 0 Å². The zero-order chi connectivity index (χ0) is 25.2. The molecule has 0 aliphatic carbocycles. The maximum Gasteiger partial charge on any atom is 0.263 e. The Kier molecular flexibility index (Phi) is 8.26. The van der Waals surface area contributed by atoms with Gasteiger partial charge in [-0.2, -0.15) is 4.31 Å². The van der Waals surface area contributed by atoms with Gasteiger partial charge < -0.3 is 10.1 Å². The fourth-order valence-electron chi connectivity index (χ4n) is 5.03. The molecule has 0 radical (unpaired) electrons.